The lowest BCUT2D eigenvalue weighted by molar-refractivity contribution is 0.0913. The van der Waals surface area contributed by atoms with Gasteiger partial charge in [-0.1, -0.05) is 6.42 Å². The highest BCUT2D eigenvalue weighted by Crippen LogP contribution is 2.21. The third-order valence-electron chi connectivity index (χ3n) is 3.19. The molecular formula is C12H19N3O2. The summed E-state index contributed by atoms with van der Waals surface area (Å²) < 4.78 is 6.91. The first kappa shape index (κ1) is 12.1. The van der Waals surface area contributed by atoms with Gasteiger partial charge in [0.25, 0.3) is 0 Å². The number of piperidine rings is 1. The summed E-state index contributed by atoms with van der Waals surface area (Å²) in [4.78, 5) is 12.4. The molecule has 1 N–H and O–H groups in total. The number of methoxy groups -OCH3 is 1. The van der Waals surface area contributed by atoms with E-state index in [0.29, 0.717) is 18.0 Å². The van der Waals surface area contributed by atoms with E-state index in [1.807, 2.05) is 6.92 Å². The van der Waals surface area contributed by atoms with Crippen molar-refractivity contribution in [1.82, 2.24) is 15.1 Å². The van der Waals surface area contributed by atoms with Crippen LogP contribution in [-0.2, 0) is 6.54 Å². The van der Waals surface area contributed by atoms with Crippen LogP contribution in [0, 0.1) is 0 Å². The number of hydrogen-bond acceptors (Lipinski definition) is 4. The molecule has 1 aliphatic rings. The van der Waals surface area contributed by atoms with E-state index in [-0.39, 0.29) is 11.8 Å². The quantitative estimate of drug-likeness (QED) is 0.800. The predicted octanol–water partition coefficient (Wildman–Crippen LogP) is 1.24. The molecule has 0 spiro atoms. The van der Waals surface area contributed by atoms with Crippen LogP contribution in [-0.4, -0.2) is 35.3 Å². The number of aromatic nitrogens is 2. The van der Waals surface area contributed by atoms with Crippen molar-refractivity contribution in [2.45, 2.75) is 38.8 Å². The van der Waals surface area contributed by atoms with Crippen LogP contribution in [0.2, 0.25) is 0 Å². The number of Topliss-reactive ketones (excluding diaryl/α,β-unsaturated/α-hetero) is 1. The van der Waals surface area contributed by atoms with Crippen LogP contribution in [0.3, 0.4) is 0 Å². The Labute approximate surface area is 101 Å². The van der Waals surface area contributed by atoms with E-state index in [0.717, 1.165) is 25.8 Å². The zero-order valence-electron chi connectivity index (χ0n) is 10.4. The Kier molecular flexibility index (Phi) is 3.78. The average Bonchev–Trinajstić information content (AvgIpc) is 2.81. The standard InChI is InChI=1S/C12H19N3O2/c1-3-15-11(10(17-2)8-14-15)12(16)9-6-4-5-7-13-9/h8-9,13H,3-7H2,1-2H3. The molecule has 1 saturated heterocycles. The van der Waals surface area contributed by atoms with Gasteiger partial charge in [0.1, 0.15) is 5.69 Å². The molecule has 5 nitrogen and oxygen atoms in total. The van der Waals surface area contributed by atoms with Crippen molar-refractivity contribution in [2.75, 3.05) is 13.7 Å². The van der Waals surface area contributed by atoms with Gasteiger partial charge in [-0.25, -0.2) is 0 Å². The molecule has 0 aliphatic carbocycles. The van der Waals surface area contributed by atoms with Gasteiger partial charge in [-0.05, 0) is 26.3 Å². The molecule has 1 aromatic heterocycles. The van der Waals surface area contributed by atoms with Crippen molar-refractivity contribution in [1.29, 1.82) is 0 Å². The summed E-state index contributed by atoms with van der Waals surface area (Å²) in [6.07, 6.45) is 4.76. The van der Waals surface area contributed by atoms with Crippen molar-refractivity contribution < 1.29 is 9.53 Å². The van der Waals surface area contributed by atoms with Gasteiger partial charge in [0, 0.05) is 6.54 Å². The number of rotatable bonds is 4. The molecule has 1 atom stereocenters. The van der Waals surface area contributed by atoms with Crippen LogP contribution < -0.4 is 10.1 Å². The Morgan fingerprint density at radius 2 is 2.47 bits per heavy atom. The molecule has 0 saturated carbocycles. The fourth-order valence-electron chi connectivity index (χ4n) is 2.25. The smallest absolute Gasteiger partial charge is 0.201 e. The maximum absolute atomic E-state index is 12.4. The number of hydrogen-bond donors (Lipinski definition) is 1. The maximum Gasteiger partial charge on any atom is 0.201 e. The van der Waals surface area contributed by atoms with Gasteiger partial charge in [-0.2, -0.15) is 5.10 Å². The molecule has 1 aromatic rings. The molecule has 17 heavy (non-hydrogen) atoms. The van der Waals surface area contributed by atoms with Crippen LogP contribution in [0.15, 0.2) is 6.20 Å². The molecule has 0 bridgehead atoms. The number of carbonyl (C=O) groups excluding carboxylic acids is 1. The molecule has 1 aliphatic heterocycles. The topological polar surface area (TPSA) is 56.2 Å². The number of nitrogens with one attached hydrogen (secondary N) is 1. The van der Waals surface area contributed by atoms with Gasteiger partial charge >= 0.3 is 0 Å². The fraction of sp³-hybridized carbons (Fsp3) is 0.667. The molecule has 1 unspecified atom stereocenters. The van der Waals surface area contributed by atoms with Gasteiger partial charge in [-0.3, -0.25) is 9.48 Å². The Morgan fingerprint density at radius 3 is 3.06 bits per heavy atom. The van der Waals surface area contributed by atoms with E-state index in [1.54, 1.807) is 18.0 Å². The summed E-state index contributed by atoms with van der Waals surface area (Å²) in [5.41, 5.74) is 0.592. The largest absolute Gasteiger partial charge is 0.493 e. The van der Waals surface area contributed by atoms with E-state index < -0.39 is 0 Å². The molecule has 1 fully saturated rings. The Hall–Kier alpha value is -1.36. The van der Waals surface area contributed by atoms with Gasteiger partial charge in [0.05, 0.1) is 19.3 Å². The summed E-state index contributed by atoms with van der Waals surface area (Å²) in [5, 5.41) is 7.43. The van der Waals surface area contributed by atoms with Crippen LogP contribution in [0.5, 0.6) is 5.75 Å². The molecule has 5 heteroatoms. The van der Waals surface area contributed by atoms with E-state index >= 15 is 0 Å². The highest BCUT2D eigenvalue weighted by atomic mass is 16.5. The van der Waals surface area contributed by atoms with Gasteiger partial charge < -0.3 is 10.1 Å². The van der Waals surface area contributed by atoms with Crippen LogP contribution in [0.25, 0.3) is 0 Å². The Morgan fingerprint density at radius 1 is 1.65 bits per heavy atom. The maximum atomic E-state index is 12.4. The first-order valence-corrected chi connectivity index (χ1v) is 6.15. The highest BCUT2D eigenvalue weighted by Gasteiger charge is 2.27. The van der Waals surface area contributed by atoms with E-state index in [9.17, 15) is 4.79 Å². The highest BCUT2D eigenvalue weighted by molar-refractivity contribution is 6.01. The van der Waals surface area contributed by atoms with Crippen molar-refractivity contribution in [2.24, 2.45) is 0 Å². The van der Waals surface area contributed by atoms with E-state index in [2.05, 4.69) is 10.4 Å². The number of ketones is 1. The van der Waals surface area contributed by atoms with Crippen LogP contribution in [0.1, 0.15) is 36.7 Å². The van der Waals surface area contributed by atoms with Crippen molar-refractivity contribution in [3.05, 3.63) is 11.9 Å². The Balaban J connectivity index is 2.24. The summed E-state index contributed by atoms with van der Waals surface area (Å²) in [6, 6.07) is -0.0837. The van der Waals surface area contributed by atoms with E-state index in [4.69, 9.17) is 4.74 Å². The van der Waals surface area contributed by atoms with Crippen LogP contribution >= 0.6 is 0 Å². The SMILES string of the molecule is CCn1ncc(OC)c1C(=O)C1CCCCN1. The molecule has 94 valence electrons. The molecule has 2 rings (SSSR count). The van der Waals surface area contributed by atoms with Crippen LogP contribution in [0.4, 0.5) is 0 Å². The number of ether oxygens (including phenoxy) is 1. The monoisotopic (exact) mass is 237 g/mol. The molecular weight excluding hydrogens is 218 g/mol. The lowest BCUT2D eigenvalue weighted by Gasteiger charge is -2.22. The summed E-state index contributed by atoms with van der Waals surface area (Å²) in [7, 11) is 1.57. The first-order valence-electron chi connectivity index (χ1n) is 6.15. The van der Waals surface area contributed by atoms with Crippen molar-refractivity contribution in [3.8, 4) is 5.75 Å². The third kappa shape index (κ3) is 2.34. The second kappa shape index (κ2) is 5.31. The number of carbonyl (C=O) groups is 1. The molecule has 0 radical (unpaired) electrons. The number of nitrogens with zero attached hydrogens (tertiary/aromatic N) is 2. The van der Waals surface area contributed by atoms with Gasteiger partial charge in [-0.15, -0.1) is 0 Å². The second-order valence-corrected chi connectivity index (χ2v) is 4.24. The summed E-state index contributed by atoms with van der Waals surface area (Å²) in [6.45, 7) is 3.56. The second-order valence-electron chi connectivity index (χ2n) is 4.24. The molecule has 2 heterocycles. The lowest BCUT2D eigenvalue weighted by atomic mass is 9.99. The van der Waals surface area contributed by atoms with E-state index in [1.165, 1.54) is 0 Å². The zero-order chi connectivity index (χ0) is 12.3. The minimum absolute atomic E-state index is 0.0837. The predicted molar refractivity (Wildman–Crippen MR) is 64.4 cm³/mol. The van der Waals surface area contributed by atoms with Gasteiger partial charge in [0.2, 0.25) is 5.78 Å². The average molecular weight is 237 g/mol. The zero-order valence-corrected chi connectivity index (χ0v) is 10.4. The summed E-state index contributed by atoms with van der Waals surface area (Å²) >= 11 is 0. The normalized spacial score (nSPS) is 20.2. The van der Waals surface area contributed by atoms with Gasteiger partial charge in [0.15, 0.2) is 5.75 Å². The first-order chi connectivity index (χ1) is 8.27. The molecule has 0 aromatic carbocycles. The fourth-order valence-corrected chi connectivity index (χ4v) is 2.25. The summed E-state index contributed by atoms with van der Waals surface area (Å²) in [5.74, 6) is 0.671. The minimum atomic E-state index is -0.0837. The van der Waals surface area contributed by atoms with Crippen molar-refractivity contribution >= 4 is 5.78 Å². The molecule has 0 amide bonds. The lowest BCUT2D eigenvalue weighted by Crippen LogP contribution is -2.41. The van der Waals surface area contributed by atoms with Crippen molar-refractivity contribution in [3.63, 3.8) is 0 Å². The minimum Gasteiger partial charge on any atom is -0.493 e. The number of aryl methyl sites for hydroxylation is 1. The third-order valence-corrected chi connectivity index (χ3v) is 3.19. The Bertz CT molecular complexity index is 373.